The first-order valence-corrected chi connectivity index (χ1v) is 7.09. The Hall–Kier alpha value is -1.52. The zero-order chi connectivity index (χ0) is 14.7. The second kappa shape index (κ2) is 6.29. The maximum atomic E-state index is 6.28. The smallest absolute Gasteiger partial charge is 0.131 e. The standard InChI is InChI=1S/C15H20ClN3O/c1-4-19-13(14(16)11(3)18-19)9-20-15-10(2)6-5-7-12(15)8-17/h5-7H,4,8-9,17H2,1-3H3. The normalized spacial score (nSPS) is 10.8. The van der Waals surface area contributed by atoms with Gasteiger partial charge in [-0.15, -0.1) is 0 Å². The lowest BCUT2D eigenvalue weighted by Gasteiger charge is -2.14. The summed E-state index contributed by atoms with van der Waals surface area (Å²) >= 11 is 6.28. The number of para-hydroxylation sites is 1. The van der Waals surface area contributed by atoms with Crippen LogP contribution in [-0.4, -0.2) is 9.78 Å². The summed E-state index contributed by atoms with van der Waals surface area (Å²) in [7, 11) is 0. The van der Waals surface area contributed by atoms with Crippen LogP contribution in [0.2, 0.25) is 5.02 Å². The largest absolute Gasteiger partial charge is 0.487 e. The van der Waals surface area contributed by atoms with E-state index in [4.69, 9.17) is 22.1 Å². The molecule has 2 aromatic rings. The Morgan fingerprint density at radius 3 is 2.75 bits per heavy atom. The van der Waals surface area contributed by atoms with Gasteiger partial charge < -0.3 is 10.5 Å². The quantitative estimate of drug-likeness (QED) is 0.921. The molecule has 1 aromatic heterocycles. The van der Waals surface area contributed by atoms with Gasteiger partial charge in [-0.05, 0) is 26.3 Å². The molecule has 0 fully saturated rings. The first-order valence-electron chi connectivity index (χ1n) is 6.71. The van der Waals surface area contributed by atoms with E-state index in [1.54, 1.807) is 0 Å². The molecule has 0 saturated heterocycles. The molecule has 0 atom stereocenters. The Labute approximate surface area is 124 Å². The van der Waals surface area contributed by atoms with Crippen molar-refractivity contribution in [3.8, 4) is 5.75 Å². The number of hydrogen-bond acceptors (Lipinski definition) is 3. The summed E-state index contributed by atoms with van der Waals surface area (Å²) in [6.45, 7) is 7.56. The molecule has 1 aromatic carbocycles. The minimum absolute atomic E-state index is 0.394. The molecule has 2 N–H and O–H groups in total. The second-order valence-corrected chi connectivity index (χ2v) is 5.10. The topological polar surface area (TPSA) is 53.1 Å². The van der Waals surface area contributed by atoms with Gasteiger partial charge in [0, 0.05) is 18.7 Å². The van der Waals surface area contributed by atoms with Crippen LogP contribution in [0.5, 0.6) is 5.75 Å². The minimum Gasteiger partial charge on any atom is -0.487 e. The zero-order valence-electron chi connectivity index (χ0n) is 12.1. The summed E-state index contributed by atoms with van der Waals surface area (Å²) in [5.41, 5.74) is 9.56. The van der Waals surface area contributed by atoms with E-state index in [0.717, 1.165) is 34.8 Å². The van der Waals surface area contributed by atoms with Gasteiger partial charge in [-0.1, -0.05) is 29.8 Å². The Morgan fingerprint density at radius 2 is 2.10 bits per heavy atom. The molecule has 108 valence electrons. The summed E-state index contributed by atoms with van der Waals surface area (Å²) in [5.74, 6) is 0.840. The number of nitrogens with zero attached hydrogens (tertiary/aromatic N) is 2. The van der Waals surface area contributed by atoms with Gasteiger partial charge in [-0.25, -0.2) is 0 Å². The number of rotatable bonds is 5. The lowest BCUT2D eigenvalue weighted by Crippen LogP contribution is -2.09. The van der Waals surface area contributed by atoms with Crippen LogP contribution in [0.4, 0.5) is 0 Å². The maximum absolute atomic E-state index is 6.28. The van der Waals surface area contributed by atoms with Crippen molar-refractivity contribution in [2.75, 3.05) is 0 Å². The fourth-order valence-corrected chi connectivity index (χ4v) is 2.42. The summed E-state index contributed by atoms with van der Waals surface area (Å²) in [4.78, 5) is 0. The Balaban J connectivity index is 2.25. The van der Waals surface area contributed by atoms with Crippen LogP contribution in [0.25, 0.3) is 0 Å². The van der Waals surface area contributed by atoms with E-state index in [0.29, 0.717) is 18.2 Å². The zero-order valence-corrected chi connectivity index (χ0v) is 12.9. The number of ether oxygens (including phenoxy) is 1. The molecular formula is C15H20ClN3O. The van der Waals surface area contributed by atoms with E-state index < -0.39 is 0 Å². The monoisotopic (exact) mass is 293 g/mol. The predicted octanol–water partition coefficient (Wildman–Crippen LogP) is 3.21. The second-order valence-electron chi connectivity index (χ2n) is 4.72. The maximum Gasteiger partial charge on any atom is 0.131 e. The van der Waals surface area contributed by atoms with Gasteiger partial charge in [0.25, 0.3) is 0 Å². The third-order valence-corrected chi connectivity index (χ3v) is 3.81. The molecule has 0 bridgehead atoms. The molecule has 0 aliphatic carbocycles. The Kier molecular flexibility index (Phi) is 4.68. The summed E-state index contributed by atoms with van der Waals surface area (Å²) in [5, 5.41) is 5.06. The van der Waals surface area contributed by atoms with Crippen LogP contribution in [0.3, 0.4) is 0 Å². The van der Waals surface area contributed by atoms with E-state index in [1.165, 1.54) is 0 Å². The van der Waals surface area contributed by atoms with Crippen LogP contribution < -0.4 is 10.5 Å². The number of nitrogens with two attached hydrogens (primary N) is 1. The molecule has 0 spiro atoms. The predicted molar refractivity (Wildman–Crippen MR) is 81.1 cm³/mol. The third kappa shape index (κ3) is 2.81. The Morgan fingerprint density at radius 1 is 1.35 bits per heavy atom. The lowest BCUT2D eigenvalue weighted by atomic mass is 10.1. The molecule has 1 heterocycles. The van der Waals surface area contributed by atoms with Crippen molar-refractivity contribution in [3.63, 3.8) is 0 Å². The van der Waals surface area contributed by atoms with Gasteiger partial charge >= 0.3 is 0 Å². The minimum atomic E-state index is 0.394. The molecule has 0 aliphatic rings. The van der Waals surface area contributed by atoms with Gasteiger partial charge in [0.05, 0.1) is 16.4 Å². The highest BCUT2D eigenvalue weighted by Crippen LogP contribution is 2.26. The van der Waals surface area contributed by atoms with Crippen molar-refractivity contribution >= 4 is 11.6 Å². The van der Waals surface area contributed by atoms with Gasteiger partial charge in [-0.3, -0.25) is 4.68 Å². The molecule has 2 rings (SSSR count). The van der Waals surface area contributed by atoms with Crippen LogP contribution >= 0.6 is 11.6 Å². The summed E-state index contributed by atoms with van der Waals surface area (Å²) in [6.07, 6.45) is 0. The summed E-state index contributed by atoms with van der Waals surface area (Å²) in [6, 6.07) is 5.97. The van der Waals surface area contributed by atoms with Crippen LogP contribution in [0, 0.1) is 13.8 Å². The number of aryl methyl sites for hydroxylation is 3. The number of halogens is 1. The van der Waals surface area contributed by atoms with Gasteiger partial charge in [-0.2, -0.15) is 5.10 Å². The van der Waals surface area contributed by atoms with Crippen molar-refractivity contribution in [2.24, 2.45) is 5.73 Å². The van der Waals surface area contributed by atoms with Gasteiger partial charge in [0.1, 0.15) is 12.4 Å². The van der Waals surface area contributed by atoms with E-state index in [2.05, 4.69) is 5.10 Å². The molecule has 20 heavy (non-hydrogen) atoms. The van der Waals surface area contributed by atoms with E-state index in [9.17, 15) is 0 Å². The van der Waals surface area contributed by atoms with E-state index in [1.807, 2.05) is 43.7 Å². The van der Waals surface area contributed by atoms with Gasteiger partial charge in [0.15, 0.2) is 0 Å². The van der Waals surface area contributed by atoms with Crippen molar-refractivity contribution in [1.82, 2.24) is 9.78 Å². The average Bonchev–Trinajstić information content (AvgIpc) is 2.72. The van der Waals surface area contributed by atoms with Crippen molar-refractivity contribution in [2.45, 2.75) is 40.5 Å². The number of aromatic nitrogens is 2. The van der Waals surface area contributed by atoms with E-state index >= 15 is 0 Å². The van der Waals surface area contributed by atoms with Crippen molar-refractivity contribution < 1.29 is 4.74 Å². The number of benzene rings is 1. The first-order chi connectivity index (χ1) is 9.58. The fourth-order valence-electron chi connectivity index (χ4n) is 2.23. The first kappa shape index (κ1) is 14.9. The highest BCUT2D eigenvalue weighted by molar-refractivity contribution is 6.31. The Bertz CT molecular complexity index is 607. The molecule has 5 heteroatoms. The van der Waals surface area contributed by atoms with Crippen molar-refractivity contribution in [3.05, 3.63) is 45.7 Å². The molecule has 0 saturated carbocycles. The molecule has 0 amide bonds. The molecule has 0 aliphatic heterocycles. The highest BCUT2D eigenvalue weighted by Gasteiger charge is 2.14. The van der Waals surface area contributed by atoms with Crippen LogP contribution in [0.15, 0.2) is 18.2 Å². The fraction of sp³-hybridized carbons (Fsp3) is 0.400. The molecular weight excluding hydrogens is 274 g/mol. The van der Waals surface area contributed by atoms with Crippen LogP contribution in [0.1, 0.15) is 29.4 Å². The molecule has 0 radical (unpaired) electrons. The molecule has 4 nitrogen and oxygen atoms in total. The average molecular weight is 294 g/mol. The summed E-state index contributed by atoms with van der Waals surface area (Å²) < 4.78 is 7.83. The van der Waals surface area contributed by atoms with Crippen molar-refractivity contribution in [1.29, 1.82) is 0 Å². The SMILES string of the molecule is CCn1nc(C)c(Cl)c1COc1c(C)cccc1CN. The lowest BCUT2D eigenvalue weighted by molar-refractivity contribution is 0.287. The van der Waals surface area contributed by atoms with Crippen LogP contribution in [-0.2, 0) is 19.7 Å². The highest BCUT2D eigenvalue weighted by atomic mass is 35.5. The molecule has 0 unspecified atom stereocenters. The van der Waals surface area contributed by atoms with E-state index in [-0.39, 0.29) is 0 Å². The van der Waals surface area contributed by atoms with Gasteiger partial charge in [0.2, 0.25) is 0 Å². The number of hydrogen-bond donors (Lipinski definition) is 1. The third-order valence-electron chi connectivity index (χ3n) is 3.32.